The maximum atomic E-state index is 10.6. The van der Waals surface area contributed by atoms with Crippen LogP contribution in [0.25, 0.3) is 0 Å². The van der Waals surface area contributed by atoms with Crippen molar-refractivity contribution < 1.29 is 8.42 Å². The van der Waals surface area contributed by atoms with E-state index in [9.17, 15) is 8.42 Å². The lowest BCUT2D eigenvalue weighted by Crippen LogP contribution is -2.33. The molecule has 0 aromatic carbocycles. The molecule has 74 valence electrons. The molecule has 0 unspecified atom stereocenters. The predicted octanol–water partition coefficient (Wildman–Crippen LogP) is -1.66. The smallest absolute Gasteiger partial charge is 0.208 e. The number of nitrogens with one attached hydrogen (secondary N) is 3. The van der Waals surface area contributed by atoms with Gasteiger partial charge in [0.05, 0.1) is 6.26 Å². The second-order valence-corrected chi connectivity index (χ2v) is 4.35. The molecule has 3 N–H and O–H groups in total. The van der Waals surface area contributed by atoms with Crippen LogP contribution < -0.4 is 15.4 Å². The summed E-state index contributed by atoms with van der Waals surface area (Å²) in [6.45, 7) is 2.85. The second-order valence-electron chi connectivity index (χ2n) is 2.52. The maximum absolute atomic E-state index is 10.6. The van der Waals surface area contributed by atoms with Crippen molar-refractivity contribution in [1.82, 2.24) is 15.4 Å². The SMILES string of the molecule is CNCCNCCNS(C)(=O)=O. The third kappa shape index (κ3) is 9.83. The fourth-order valence-corrected chi connectivity index (χ4v) is 1.14. The van der Waals surface area contributed by atoms with Crippen LogP contribution in [0.3, 0.4) is 0 Å². The molecule has 0 rings (SSSR count). The monoisotopic (exact) mass is 195 g/mol. The molecule has 6 heteroatoms. The van der Waals surface area contributed by atoms with Crippen LogP contribution in [0.2, 0.25) is 0 Å². The van der Waals surface area contributed by atoms with E-state index in [1.54, 1.807) is 0 Å². The third-order valence-corrected chi connectivity index (χ3v) is 1.95. The molecule has 0 atom stereocenters. The Morgan fingerprint density at radius 1 is 1.08 bits per heavy atom. The number of sulfonamides is 1. The van der Waals surface area contributed by atoms with E-state index < -0.39 is 10.0 Å². The molecule has 0 spiro atoms. The zero-order valence-corrected chi connectivity index (χ0v) is 8.37. The van der Waals surface area contributed by atoms with Gasteiger partial charge in [-0.1, -0.05) is 0 Å². The van der Waals surface area contributed by atoms with Crippen LogP contribution >= 0.6 is 0 Å². The fourth-order valence-electron chi connectivity index (χ4n) is 0.663. The van der Waals surface area contributed by atoms with Gasteiger partial charge >= 0.3 is 0 Å². The van der Waals surface area contributed by atoms with Gasteiger partial charge in [-0.15, -0.1) is 0 Å². The minimum Gasteiger partial charge on any atom is -0.318 e. The van der Waals surface area contributed by atoms with Crippen LogP contribution in [0.4, 0.5) is 0 Å². The average Bonchev–Trinajstić information content (AvgIpc) is 1.94. The van der Waals surface area contributed by atoms with Gasteiger partial charge in [0, 0.05) is 26.2 Å². The van der Waals surface area contributed by atoms with Crippen molar-refractivity contribution in [2.45, 2.75) is 0 Å². The molecule has 0 aliphatic heterocycles. The van der Waals surface area contributed by atoms with Gasteiger partial charge in [0.15, 0.2) is 0 Å². The lowest BCUT2D eigenvalue weighted by atomic mass is 10.6. The zero-order valence-electron chi connectivity index (χ0n) is 7.55. The van der Waals surface area contributed by atoms with Gasteiger partial charge in [0.2, 0.25) is 10.0 Å². The Kier molecular flexibility index (Phi) is 6.27. The Morgan fingerprint density at radius 2 is 1.67 bits per heavy atom. The summed E-state index contributed by atoms with van der Waals surface area (Å²) in [5.41, 5.74) is 0. The zero-order chi connectivity index (χ0) is 9.45. The van der Waals surface area contributed by atoms with Gasteiger partial charge in [0.25, 0.3) is 0 Å². The molecule has 0 radical (unpaired) electrons. The van der Waals surface area contributed by atoms with Crippen molar-refractivity contribution in [3.8, 4) is 0 Å². The van der Waals surface area contributed by atoms with Crippen molar-refractivity contribution >= 4 is 10.0 Å². The van der Waals surface area contributed by atoms with Crippen LogP contribution in [0.1, 0.15) is 0 Å². The van der Waals surface area contributed by atoms with Crippen LogP contribution in [-0.4, -0.2) is 47.9 Å². The minimum atomic E-state index is -3.02. The van der Waals surface area contributed by atoms with Gasteiger partial charge in [-0.25, -0.2) is 13.1 Å². The normalized spacial score (nSPS) is 11.8. The highest BCUT2D eigenvalue weighted by Gasteiger charge is 1.97. The second kappa shape index (κ2) is 6.36. The molecule has 0 heterocycles. The first kappa shape index (κ1) is 11.8. The average molecular weight is 195 g/mol. The Hall–Kier alpha value is -0.170. The standard InChI is InChI=1S/C6H17N3O2S/c1-7-3-4-8-5-6-9-12(2,10)11/h7-9H,3-6H2,1-2H3. The topological polar surface area (TPSA) is 70.2 Å². The van der Waals surface area contributed by atoms with Gasteiger partial charge in [-0.05, 0) is 7.05 Å². The molecule has 0 amide bonds. The van der Waals surface area contributed by atoms with Crippen molar-refractivity contribution in [2.24, 2.45) is 0 Å². The van der Waals surface area contributed by atoms with Crippen LogP contribution in [0.15, 0.2) is 0 Å². The maximum Gasteiger partial charge on any atom is 0.208 e. The Bertz CT molecular complexity index is 191. The number of rotatable bonds is 7. The van der Waals surface area contributed by atoms with Crippen molar-refractivity contribution in [2.75, 3.05) is 39.5 Å². The van der Waals surface area contributed by atoms with Crippen molar-refractivity contribution in [1.29, 1.82) is 0 Å². The summed E-state index contributed by atoms with van der Waals surface area (Å²) in [7, 11) is -1.15. The first-order valence-corrected chi connectivity index (χ1v) is 5.75. The molecule has 0 saturated carbocycles. The molecule has 0 saturated heterocycles. The molecular weight excluding hydrogens is 178 g/mol. The number of hydrogen-bond acceptors (Lipinski definition) is 4. The Balaban J connectivity index is 3.12. The molecule has 0 aromatic heterocycles. The minimum absolute atomic E-state index is 0.447. The first-order valence-electron chi connectivity index (χ1n) is 3.86. The van der Waals surface area contributed by atoms with Gasteiger partial charge in [-0.2, -0.15) is 0 Å². The molecular formula is C6H17N3O2S. The van der Waals surface area contributed by atoms with E-state index in [0.717, 1.165) is 19.3 Å². The molecule has 12 heavy (non-hydrogen) atoms. The van der Waals surface area contributed by atoms with Gasteiger partial charge < -0.3 is 10.6 Å². The Labute approximate surface area is 74.0 Å². The fraction of sp³-hybridized carbons (Fsp3) is 1.00. The van der Waals surface area contributed by atoms with E-state index in [0.29, 0.717) is 13.1 Å². The van der Waals surface area contributed by atoms with Crippen LogP contribution in [-0.2, 0) is 10.0 Å². The molecule has 0 fully saturated rings. The summed E-state index contributed by atoms with van der Waals surface area (Å²) < 4.78 is 23.5. The molecule has 0 aromatic rings. The van der Waals surface area contributed by atoms with Crippen LogP contribution in [0.5, 0.6) is 0 Å². The highest BCUT2D eigenvalue weighted by Crippen LogP contribution is 1.70. The number of likely N-dealkylation sites (N-methyl/N-ethyl adjacent to an activating group) is 1. The summed E-state index contributed by atoms with van der Waals surface area (Å²) in [6, 6.07) is 0. The molecule has 5 nitrogen and oxygen atoms in total. The quantitative estimate of drug-likeness (QED) is 0.425. The highest BCUT2D eigenvalue weighted by atomic mass is 32.2. The van der Waals surface area contributed by atoms with Crippen LogP contribution in [0, 0.1) is 0 Å². The molecule has 0 aliphatic rings. The molecule has 0 bridgehead atoms. The van der Waals surface area contributed by atoms with Gasteiger partial charge in [-0.3, -0.25) is 0 Å². The number of hydrogen-bond donors (Lipinski definition) is 3. The highest BCUT2D eigenvalue weighted by molar-refractivity contribution is 7.88. The summed E-state index contributed by atoms with van der Waals surface area (Å²) in [4.78, 5) is 0. The molecule has 0 aliphatic carbocycles. The third-order valence-electron chi connectivity index (χ3n) is 1.22. The lowest BCUT2D eigenvalue weighted by molar-refractivity contribution is 0.580. The summed E-state index contributed by atoms with van der Waals surface area (Å²) >= 11 is 0. The van der Waals surface area contributed by atoms with E-state index in [4.69, 9.17) is 0 Å². The Morgan fingerprint density at radius 3 is 2.17 bits per heavy atom. The van der Waals surface area contributed by atoms with Crippen molar-refractivity contribution in [3.63, 3.8) is 0 Å². The summed E-state index contributed by atoms with van der Waals surface area (Å²) in [5, 5.41) is 6.04. The first-order chi connectivity index (χ1) is 5.56. The van der Waals surface area contributed by atoms with E-state index in [1.165, 1.54) is 0 Å². The summed E-state index contributed by atoms with van der Waals surface area (Å²) in [6.07, 6.45) is 1.15. The van der Waals surface area contributed by atoms with E-state index >= 15 is 0 Å². The summed E-state index contributed by atoms with van der Waals surface area (Å²) in [5.74, 6) is 0. The predicted molar refractivity (Wildman–Crippen MR) is 49.6 cm³/mol. The van der Waals surface area contributed by atoms with E-state index in [-0.39, 0.29) is 0 Å². The largest absolute Gasteiger partial charge is 0.318 e. The lowest BCUT2D eigenvalue weighted by Gasteiger charge is -2.04. The van der Waals surface area contributed by atoms with E-state index in [1.807, 2.05) is 7.05 Å². The van der Waals surface area contributed by atoms with Gasteiger partial charge in [0.1, 0.15) is 0 Å². The van der Waals surface area contributed by atoms with Crippen molar-refractivity contribution in [3.05, 3.63) is 0 Å². The van der Waals surface area contributed by atoms with E-state index in [2.05, 4.69) is 15.4 Å².